The molecule has 1 aliphatic heterocycles. The van der Waals surface area contributed by atoms with Crippen LogP contribution in [-0.2, 0) is 9.53 Å². The molecule has 0 spiro atoms. The molecule has 1 fully saturated rings. The van der Waals surface area contributed by atoms with Gasteiger partial charge in [0, 0.05) is 0 Å². The van der Waals surface area contributed by atoms with Crippen LogP contribution in [0.5, 0.6) is 0 Å². The van der Waals surface area contributed by atoms with Crippen molar-refractivity contribution in [3.63, 3.8) is 0 Å². The monoisotopic (exact) mass is 358 g/mol. The molecule has 10 N–H and O–H groups in total. The largest absolute Gasteiger partial charge is 0.479 e. The third-order valence-electron chi connectivity index (χ3n) is 4.08. The van der Waals surface area contributed by atoms with Crippen molar-refractivity contribution < 1.29 is 60.6 Å². The minimum absolute atomic E-state index is 0.898. The fourth-order valence-corrected chi connectivity index (χ4v) is 2.57. The minimum Gasteiger partial charge on any atom is -0.479 e. The molecular weight excluding hydrogens is 336 g/mol. The number of hydrogen-bond donors (Lipinski definition) is 10. The van der Waals surface area contributed by atoms with Crippen LogP contribution < -0.4 is 0 Å². The summed E-state index contributed by atoms with van der Waals surface area (Å²) in [7, 11) is 0. The van der Waals surface area contributed by atoms with E-state index in [4.69, 9.17) is 20.1 Å². The predicted molar refractivity (Wildman–Crippen MR) is 71.5 cm³/mol. The number of ether oxygens (including phenoxy) is 1. The van der Waals surface area contributed by atoms with Gasteiger partial charge in [-0.2, -0.15) is 0 Å². The smallest absolute Gasteiger partial charge is 0.335 e. The molecule has 0 saturated carbocycles. The van der Waals surface area contributed by atoms with Gasteiger partial charge in [-0.05, 0) is 0 Å². The highest BCUT2D eigenvalue weighted by molar-refractivity contribution is 5.73. The quantitative estimate of drug-likeness (QED) is 0.205. The second-order valence-corrected chi connectivity index (χ2v) is 5.56. The van der Waals surface area contributed by atoms with E-state index in [9.17, 15) is 40.5 Å². The van der Waals surface area contributed by atoms with Crippen LogP contribution in [0.25, 0.3) is 0 Å². The standard InChI is InChI=1S/C12H22O12/c13-1-3-5(16)6(17)7(18)10(24-3)12(23,4(15)2-14)9(20)8(19)11(21)22/h3-10,13-20,23H,1-2H2,(H,21,22)/t3-,4-,5-,6+,7-,8-,9-,10?,12-/m1/s1. The maximum absolute atomic E-state index is 10.8. The summed E-state index contributed by atoms with van der Waals surface area (Å²) >= 11 is 0. The molecule has 0 aliphatic carbocycles. The van der Waals surface area contributed by atoms with Crippen molar-refractivity contribution in [3.8, 4) is 0 Å². The van der Waals surface area contributed by atoms with Gasteiger partial charge in [-0.25, -0.2) is 4.79 Å². The van der Waals surface area contributed by atoms with E-state index < -0.39 is 73.6 Å². The molecule has 0 aromatic heterocycles. The van der Waals surface area contributed by atoms with Crippen LogP contribution in [0.3, 0.4) is 0 Å². The Balaban J connectivity index is 3.30. The third-order valence-corrected chi connectivity index (χ3v) is 4.08. The number of aliphatic hydroxyl groups is 9. The third kappa shape index (κ3) is 3.52. The molecule has 1 rings (SSSR count). The zero-order valence-electron chi connectivity index (χ0n) is 12.3. The van der Waals surface area contributed by atoms with Gasteiger partial charge < -0.3 is 55.8 Å². The number of aliphatic carboxylic acids is 1. The number of rotatable bonds is 7. The van der Waals surface area contributed by atoms with Gasteiger partial charge in [0.25, 0.3) is 0 Å². The van der Waals surface area contributed by atoms with Gasteiger partial charge in [0.1, 0.15) is 42.7 Å². The molecule has 24 heavy (non-hydrogen) atoms. The summed E-state index contributed by atoms with van der Waals surface area (Å²) in [6.45, 7) is -2.14. The van der Waals surface area contributed by atoms with E-state index in [0.717, 1.165) is 0 Å². The molecule has 1 unspecified atom stereocenters. The van der Waals surface area contributed by atoms with E-state index in [2.05, 4.69) is 0 Å². The summed E-state index contributed by atoms with van der Waals surface area (Å²) in [4.78, 5) is 10.8. The molecule has 0 aromatic rings. The van der Waals surface area contributed by atoms with Crippen LogP contribution in [0.4, 0.5) is 0 Å². The van der Waals surface area contributed by atoms with E-state index in [1.165, 1.54) is 0 Å². The fraction of sp³-hybridized carbons (Fsp3) is 0.917. The summed E-state index contributed by atoms with van der Waals surface area (Å²) in [5.74, 6) is -1.99. The molecule has 142 valence electrons. The lowest BCUT2D eigenvalue weighted by Crippen LogP contribution is -2.73. The van der Waals surface area contributed by atoms with Crippen LogP contribution in [0.2, 0.25) is 0 Å². The van der Waals surface area contributed by atoms with Crippen molar-refractivity contribution in [2.24, 2.45) is 0 Å². The van der Waals surface area contributed by atoms with Crippen molar-refractivity contribution in [1.82, 2.24) is 0 Å². The average molecular weight is 358 g/mol. The SMILES string of the molecule is O=C(O)[C@H](O)[C@@H](O)[C@@](O)(C1O[C@H](CO)[C@@H](O)[C@H](O)[C@H]1O)[C@H](O)CO. The Bertz CT molecular complexity index is 430. The number of hydrogen-bond acceptors (Lipinski definition) is 11. The van der Waals surface area contributed by atoms with Gasteiger partial charge in [0.2, 0.25) is 0 Å². The van der Waals surface area contributed by atoms with Crippen LogP contribution in [0, 0.1) is 0 Å². The maximum atomic E-state index is 10.8. The topological polar surface area (TPSA) is 229 Å². The predicted octanol–water partition coefficient (Wildman–Crippen LogP) is -6.28. The Morgan fingerprint density at radius 3 is 2.00 bits per heavy atom. The van der Waals surface area contributed by atoms with Crippen LogP contribution in [0.15, 0.2) is 0 Å². The molecule has 1 heterocycles. The molecule has 12 heteroatoms. The summed E-state index contributed by atoms with van der Waals surface area (Å²) in [5, 5.41) is 95.9. The average Bonchev–Trinajstić information content (AvgIpc) is 2.56. The Labute approximate surface area is 135 Å². The van der Waals surface area contributed by atoms with Crippen LogP contribution >= 0.6 is 0 Å². The second-order valence-electron chi connectivity index (χ2n) is 5.56. The number of carboxylic acid groups (broad SMARTS) is 1. The summed E-state index contributed by atoms with van der Waals surface area (Å²) < 4.78 is 4.97. The van der Waals surface area contributed by atoms with Crippen molar-refractivity contribution in [2.75, 3.05) is 13.2 Å². The van der Waals surface area contributed by atoms with Crippen molar-refractivity contribution >= 4 is 5.97 Å². The summed E-state index contributed by atoms with van der Waals surface area (Å²) in [6, 6.07) is 0. The second kappa shape index (κ2) is 7.97. The highest BCUT2D eigenvalue weighted by atomic mass is 16.6. The molecule has 0 bridgehead atoms. The first-order valence-corrected chi connectivity index (χ1v) is 6.94. The molecule has 0 radical (unpaired) electrons. The van der Waals surface area contributed by atoms with Crippen molar-refractivity contribution in [2.45, 2.75) is 54.4 Å². The Morgan fingerprint density at radius 1 is 1.04 bits per heavy atom. The van der Waals surface area contributed by atoms with E-state index in [-0.39, 0.29) is 0 Å². The van der Waals surface area contributed by atoms with Gasteiger partial charge in [-0.3, -0.25) is 0 Å². The van der Waals surface area contributed by atoms with Gasteiger partial charge in [-0.1, -0.05) is 0 Å². The normalized spacial score (nSPS) is 37.3. The lowest BCUT2D eigenvalue weighted by molar-refractivity contribution is -0.310. The Morgan fingerprint density at radius 2 is 1.58 bits per heavy atom. The lowest BCUT2D eigenvalue weighted by atomic mass is 9.76. The van der Waals surface area contributed by atoms with Crippen LogP contribution in [0.1, 0.15) is 0 Å². The summed E-state index contributed by atoms with van der Waals surface area (Å²) in [5.41, 5.74) is -3.17. The van der Waals surface area contributed by atoms with Crippen molar-refractivity contribution in [3.05, 3.63) is 0 Å². The Kier molecular flexibility index (Phi) is 7.01. The molecule has 0 amide bonds. The Hall–Kier alpha value is -0.930. The number of aliphatic hydroxyl groups excluding tert-OH is 8. The van der Waals surface area contributed by atoms with Gasteiger partial charge in [0.05, 0.1) is 13.2 Å². The molecule has 0 aromatic carbocycles. The highest BCUT2D eigenvalue weighted by Gasteiger charge is 2.60. The van der Waals surface area contributed by atoms with Gasteiger partial charge >= 0.3 is 5.97 Å². The van der Waals surface area contributed by atoms with E-state index >= 15 is 0 Å². The number of carboxylic acids is 1. The fourth-order valence-electron chi connectivity index (χ4n) is 2.57. The van der Waals surface area contributed by atoms with E-state index in [0.29, 0.717) is 0 Å². The van der Waals surface area contributed by atoms with E-state index in [1.807, 2.05) is 0 Å². The molecule has 12 nitrogen and oxygen atoms in total. The maximum Gasteiger partial charge on any atom is 0.335 e. The molecule has 1 aliphatic rings. The first-order chi connectivity index (χ1) is 11.0. The van der Waals surface area contributed by atoms with E-state index in [1.54, 1.807) is 0 Å². The zero-order chi connectivity index (χ0) is 18.8. The van der Waals surface area contributed by atoms with Crippen molar-refractivity contribution in [1.29, 1.82) is 0 Å². The zero-order valence-corrected chi connectivity index (χ0v) is 12.3. The minimum atomic E-state index is -3.17. The first kappa shape index (κ1) is 21.1. The van der Waals surface area contributed by atoms with Gasteiger partial charge in [-0.15, -0.1) is 0 Å². The molecular formula is C12H22O12. The lowest BCUT2D eigenvalue weighted by Gasteiger charge is -2.49. The molecule has 9 atom stereocenters. The van der Waals surface area contributed by atoms with Crippen LogP contribution in [-0.4, -0.2) is 125 Å². The van der Waals surface area contributed by atoms with Gasteiger partial charge in [0.15, 0.2) is 11.7 Å². The first-order valence-electron chi connectivity index (χ1n) is 6.94. The summed E-state index contributed by atoms with van der Waals surface area (Å²) in [6.07, 6.45) is -17.3. The molecule has 1 saturated heterocycles. The number of carbonyl (C=O) groups is 1. The highest BCUT2D eigenvalue weighted by Crippen LogP contribution is 2.34.